The summed E-state index contributed by atoms with van der Waals surface area (Å²) in [5, 5.41) is 8.32. The molecule has 1 aliphatic carbocycles. The van der Waals surface area contributed by atoms with E-state index in [1.165, 1.54) is 43.1 Å². The second-order valence-electron chi connectivity index (χ2n) is 10.8. The first-order chi connectivity index (χ1) is 20.3. The quantitative estimate of drug-likeness (QED) is 0.176. The lowest BCUT2D eigenvalue weighted by Gasteiger charge is -2.44. The number of hydrogen-bond acceptors (Lipinski definition) is 1. The summed E-state index contributed by atoms with van der Waals surface area (Å²) in [5.41, 5.74) is 3.02. The van der Waals surface area contributed by atoms with Gasteiger partial charge in [-0.15, -0.1) is 0 Å². The molecule has 0 N–H and O–H groups in total. The highest BCUT2D eigenvalue weighted by Gasteiger charge is 2.43. The minimum atomic E-state index is -0.856. The zero-order valence-electron chi connectivity index (χ0n) is 23.2. The van der Waals surface area contributed by atoms with Gasteiger partial charge in [-0.25, -0.2) is 4.44 Å². The summed E-state index contributed by atoms with van der Waals surface area (Å²) in [5.74, 6) is 0.477. The summed E-state index contributed by atoms with van der Waals surface area (Å²) in [7, 11) is -1.71. The molecule has 0 fully saturated rings. The zero-order chi connectivity index (χ0) is 27.6. The third-order valence-electron chi connectivity index (χ3n) is 8.10. The molecule has 2 unspecified atom stereocenters. The molecule has 2 atom stereocenters. The molecule has 41 heavy (non-hydrogen) atoms. The maximum Gasteiger partial charge on any atom is 0.0474 e. The average molecular weight is 566 g/mol. The van der Waals surface area contributed by atoms with Crippen molar-refractivity contribution in [3.8, 4) is 0 Å². The standard InChI is InChI=1S/C38H33NP2/c1-29-28-31-27-26-30-16-14-15-25-36(30)37(31)38(29)39(40(32-17-6-2-7-18-32)33-19-8-3-9-20-33)41(34-21-10-4-11-22-34)35-23-12-5-13-24-35/h2-27,29,38H,28H2,1H3. The van der Waals surface area contributed by atoms with Crippen LogP contribution in [0.5, 0.6) is 0 Å². The van der Waals surface area contributed by atoms with Crippen LogP contribution < -0.4 is 21.2 Å². The molecule has 0 heterocycles. The minimum Gasteiger partial charge on any atom is -0.237 e. The summed E-state index contributed by atoms with van der Waals surface area (Å²) >= 11 is 0. The van der Waals surface area contributed by atoms with Crippen LogP contribution >= 0.6 is 16.1 Å². The molecule has 0 bridgehead atoms. The first kappa shape index (κ1) is 26.3. The van der Waals surface area contributed by atoms with Gasteiger partial charge < -0.3 is 0 Å². The van der Waals surface area contributed by atoms with Gasteiger partial charge in [-0.2, -0.15) is 0 Å². The van der Waals surface area contributed by atoms with Crippen molar-refractivity contribution in [2.45, 2.75) is 19.4 Å². The second-order valence-corrected chi connectivity index (χ2v) is 15.3. The lowest BCUT2D eigenvalue weighted by molar-refractivity contribution is 0.398. The van der Waals surface area contributed by atoms with Crippen LogP contribution in [-0.4, -0.2) is 4.44 Å². The fourth-order valence-electron chi connectivity index (χ4n) is 6.34. The molecule has 6 aromatic rings. The molecule has 1 nitrogen and oxygen atoms in total. The molecule has 6 aromatic carbocycles. The molecular weight excluding hydrogens is 532 g/mol. The van der Waals surface area contributed by atoms with Gasteiger partial charge in [0.25, 0.3) is 0 Å². The summed E-state index contributed by atoms with van der Waals surface area (Å²) in [6.07, 6.45) is 1.10. The molecule has 0 aromatic heterocycles. The smallest absolute Gasteiger partial charge is 0.0474 e. The Kier molecular flexibility index (Phi) is 7.52. The highest BCUT2D eigenvalue weighted by Crippen LogP contribution is 2.63. The molecule has 1 aliphatic rings. The lowest BCUT2D eigenvalue weighted by atomic mass is 9.98. The van der Waals surface area contributed by atoms with E-state index in [-0.39, 0.29) is 6.04 Å². The molecule has 0 amide bonds. The molecular formula is C38H33NP2. The average Bonchev–Trinajstić information content (AvgIpc) is 3.38. The fraction of sp³-hybridized carbons (Fsp3) is 0.105. The van der Waals surface area contributed by atoms with Gasteiger partial charge in [0.2, 0.25) is 0 Å². The van der Waals surface area contributed by atoms with E-state index in [9.17, 15) is 0 Å². The summed E-state index contributed by atoms with van der Waals surface area (Å²) in [6.45, 7) is 2.47. The van der Waals surface area contributed by atoms with Crippen molar-refractivity contribution in [2.24, 2.45) is 5.92 Å². The third-order valence-corrected chi connectivity index (χ3v) is 13.6. The number of fused-ring (bicyclic) bond motifs is 3. The fourth-order valence-corrected chi connectivity index (χ4v) is 12.8. The predicted octanol–water partition coefficient (Wildman–Crippen LogP) is 8.47. The summed E-state index contributed by atoms with van der Waals surface area (Å²) in [6, 6.07) is 59.0. The van der Waals surface area contributed by atoms with E-state index in [0.717, 1.165) is 6.42 Å². The van der Waals surface area contributed by atoms with Gasteiger partial charge in [0.1, 0.15) is 0 Å². The maximum absolute atomic E-state index is 2.98. The van der Waals surface area contributed by atoms with Crippen molar-refractivity contribution in [1.29, 1.82) is 0 Å². The van der Waals surface area contributed by atoms with E-state index >= 15 is 0 Å². The largest absolute Gasteiger partial charge is 0.237 e. The number of rotatable bonds is 7. The molecule has 3 heteroatoms. The third kappa shape index (κ3) is 5.05. The van der Waals surface area contributed by atoms with E-state index in [4.69, 9.17) is 0 Å². The Balaban J connectivity index is 1.55. The number of nitrogens with zero attached hydrogens (tertiary/aromatic N) is 1. The topological polar surface area (TPSA) is 3.24 Å². The Bertz CT molecular complexity index is 1580. The van der Waals surface area contributed by atoms with Gasteiger partial charge in [-0.3, -0.25) is 0 Å². The Labute approximate surface area is 246 Å². The lowest BCUT2D eigenvalue weighted by Crippen LogP contribution is -2.35. The highest BCUT2D eigenvalue weighted by molar-refractivity contribution is 7.84. The van der Waals surface area contributed by atoms with Gasteiger partial charge >= 0.3 is 0 Å². The normalized spacial score (nSPS) is 16.5. The molecule has 0 saturated carbocycles. The van der Waals surface area contributed by atoms with Gasteiger partial charge in [0, 0.05) is 22.2 Å². The van der Waals surface area contributed by atoms with E-state index in [0.29, 0.717) is 5.92 Å². The van der Waals surface area contributed by atoms with Crippen LogP contribution in [0.3, 0.4) is 0 Å². The Morgan fingerprint density at radius 2 is 0.902 bits per heavy atom. The van der Waals surface area contributed by atoms with Crippen molar-refractivity contribution in [2.75, 3.05) is 0 Å². The van der Waals surface area contributed by atoms with Gasteiger partial charge in [-0.1, -0.05) is 165 Å². The van der Waals surface area contributed by atoms with Crippen LogP contribution in [0.4, 0.5) is 0 Å². The first-order valence-electron chi connectivity index (χ1n) is 14.4. The monoisotopic (exact) mass is 565 g/mol. The van der Waals surface area contributed by atoms with Crippen molar-refractivity contribution in [1.82, 2.24) is 4.44 Å². The van der Waals surface area contributed by atoms with E-state index in [1.54, 1.807) is 0 Å². The molecule has 7 rings (SSSR count). The number of hydrogen-bond donors (Lipinski definition) is 0. The van der Waals surface area contributed by atoms with Crippen molar-refractivity contribution < 1.29 is 0 Å². The summed E-state index contributed by atoms with van der Waals surface area (Å²) in [4.78, 5) is 0. The second kappa shape index (κ2) is 11.7. The number of benzene rings is 6. The van der Waals surface area contributed by atoms with Crippen LogP contribution in [0.2, 0.25) is 0 Å². The van der Waals surface area contributed by atoms with Gasteiger partial charge in [0.15, 0.2) is 0 Å². The van der Waals surface area contributed by atoms with Crippen molar-refractivity contribution in [3.05, 3.63) is 169 Å². The SMILES string of the molecule is CC1Cc2ccc3ccccc3c2C1N(P(c1ccccc1)c1ccccc1)P(c1ccccc1)c1ccccc1. The van der Waals surface area contributed by atoms with Gasteiger partial charge in [-0.05, 0) is 55.5 Å². The van der Waals surface area contributed by atoms with E-state index < -0.39 is 16.1 Å². The molecule has 200 valence electrons. The molecule has 0 saturated heterocycles. The van der Waals surface area contributed by atoms with Crippen LogP contribution in [0, 0.1) is 5.92 Å². The maximum atomic E-state index is 2.98. The molecule has 0 radical (unpaired) electrons. The van der Waals surface area contributed by atoms with Gasteiger partial charge in [0.05, 0.1) is 0 Å². The van der Waals surface area contributed by atoms with Crippen LogP contribution in [-0.2, 0) is 6.42 Å². The Hall–Kier alpha value is -3.60. The first-order valence-corrected chi connectivity index (χ1v) is 17.0. The van der Waals surface area contributed by atoms with Crippen LogP contribution in [0.1, 0.15) is 24.1 Å². The molecule has 0 spiro atoms. The van der Waals surface area contributed by atoms with Crippen molar-refractivity contribution in [3.63, 3.8) is 0 Å². The minimum absolute atomic E-state index is 0.272. The zero-order valence-corrected chi connectivity index (χ0v) is 25.0. The Morgan fingerprint density at radius 1 is 0.488 bits per heavy atom. The van der Waals surface area contributed by atoms with Crippen molar-refractivity contribution >= 4 is 48.1 Å². The predicted molar refractivity (Wildman–Crippen MR) is 180 cm³/mol. The van der Waals surface area contributed by atoms with Crippen LogP contribution in [0.15, 0.2) is 158 Å². The van der Waals surface area contributed by atoms with E-state index in [1.807, 2.05) is 0 Å². The van der Waals surface area contributed by atoms with Crippen LogP contribution in [0.25, 0.3) is 10.8 Å². The summed E-state index contributed by atoms with van der Waals surface area (Å²) < 4.78 is 2.98. The molecule has 0 aliphatic heterocycles. The highest BCUT2D eigenvalue weighted by atomic mass is 31.2. The Morgan fingerprint density at radius 3 is 1.37 bits per heavy atom. The van der Waals surface area contributed by atoms with E-state index in [2.05, 4.69) is 169 Å².